The number of aromatic nitrogens is 1. The number of hydrogen-bond donors (Lipinski definition) is 2. The number of nitrogens with zero attached hydrogens (tertiary/aromatic N) is 2. The predicted octanol–water partition coefficient (Wildman–Crippen LogP) is 3.27. The van der Waals surface area contributed by atoms with Crippen molar-refractivity contribution in [3.63, 3.8) is 0 Å². The molecule has 1 aromatic heterocycles. The number of ether oxygens (including phenoxy) is 1. The van der Waals surface area contributed by atoms with Gasteiger partial charge in [0.15, 0.2) is 0 Å². The number of carbonyl (C=O) groups is 1. The fourth-order valence-corrected chi connectivity index (χ4v) is 5.28. The van der Waals surface area contributed by atoms with E-state index in [0.29, 0.717) is 5.69 Å². The highest BCUT2D eigenvalue weighted by molar-refractivity contribution is 7.89. The molecular weight excluding hydrogens is 416 g/mol. The highest BCUT2D eigenvalue weighted by atomic mass is 32.2. The lowest BCUT2D eigenvalue weighted by atomic mass is 9.87. The summed E-state index contributed by atoms with van der Waals surface area (Å²) < 4.78 is 34.3. The molecule has 31 heavy (non-hydrogen) atoms. The van der Waals surface area contributed by atoms with E-state index in [1.807, 2.05) is 19.0 Å². The van der Waals surface area contributed by atoms with Gasteiger partial charge in [0, 0.05) is 25.7 Å². The Kier molecular flexibility index (Phi) is 7.17. The molecule has 8 nitrogen and oxygen atoms in total. The molecule has 0 radical (unpaired) electrons. The van der Waals surface area contributed by atoms with Gasteiger partial charge in [0.05, 0.1) is 19.0 Å². The molecule has 9 heteroatoms. The van der Waals surface area contributed by atoms with Crippen molar-refractivity contribution in [1.29, 1.82) is 0 Å². The number of carbonyl (C=O) groups excluding carboxylic acids is 1. The largest absolute Gasteiger partial charge is 0.495 e. The quantitative estimate of drug-likeness (QED) is 0.677. The zero-order valence-electron chi connectivity index (χ0n) is 18.4. The number of pyridine rings is 1. The van der Waals surface area contributed by atoms with Crippen LogP contribution in [0, 0.1) is 5.92 Å². The van der Waals surface area contributed by atoms with Crippen LogP contribution in [0.3, 0.4) is 0 Å². The maximum Gasteiger partial charge on any atom is 0.255 e. The van der Waals surface area contributed by atoms with Gasteiger partial charge in [-0.2, -0.15) is 0 Å². The second-order valence-corrected chi connectivity index (χ2v) is 9.79. The molecule has 2 aromatic rings. The number of rotatable bonds is 7. The Hall–Kier alpha value is -2.65. The number of sulfonamides is 1. The molecule has 1 aliphatic rings. The smallest absolute Gasteiger partial charge is 0.255 e. The van der Waals surface area contributed by atoms with Crippen LogP contribution in [-0.2, 0) is 10.0 Å². The molecule has 1 aromatic carbocycles. The molecule has 1 fully saturated rings. The number of anilines is 2. The van der Waals surface area contributed by atoms with Gasteiger partial charge >= 0.3 is 0 Å². The molecule has 2 N–H and O–H groups in total. The average molecular weight is 447 g/mol. The summed E-state index contributed by atoms with van der Waals surface area (Å²) in [6.07, 6.45) is 5.47. The molecule has 0 aliphatic heterocycles. The summed E-state index contributed by atoms with van der Waals surface area (Å²) in [4.78, 5) is 18.8. The summed E-state index contributed by atoms with van der Waals surface area (Å²) in [5, 5.41) is 2.75. The number of hydrogen-bond acceptors (Lipinski definition) is 6. The normalized spacial score (nSPS) is 19.0. The third kappa shape index (κ3) is 5.54. The monoisotopic (exact) mass is 446 g/mol. The van der Waals surface area contributed by atoms with E-state index < -0.39 is 15.9 Å². The molecule has 0 unspecified atom stereocenters. The van der Waals surface area contributed by atoms with Crippen molar-refractivity contribution in [2.75, 3.05) is 31.4 Å². The van der Waals surface area contributed by atoms with Crippen LogP contribution in [0.25, 0.3) is 0 Å². The average Bonchev–Trinajstić information content (AvgIpc) is 2.75. The van der Waals surface area contributed by atoms with Gasteiger partial charge in [-0.3, -0.25) is 4.79 Å². The van der Waals surface area contributed by atoms with Crippen LogP contribution in [-0.4, -0.2) is 46.6 Å². The number of methoxy groups -OCH3 is 1. The minimum Gasteiger partial charge on any atom is -0.495 e. The Morgan fingerprint density at radius 2 is 1.90 bits per heavy atom. The summed E-state index contributed by atoms with van der Waals surface area (Å²) in [6, 6.07) is 7.80. The van der Waals surface area contributed by atoms with Crippen LogP contribution < -0.4 is 19.7 Å². The van der Waals surface area contributed by atoms with Gasteiger partial charge in [-0.1, -0.05) is 19.8 Å². The first kappa shape index (κ1) is 23.0. The van der Waals surface area contributed by atoms with Crippen LogP contribution in [0.2, 0.25) is 0 Å². The molecular formula is C22H30N4O4S. The van der Waals surface area contributed by atoms with E-state index in [1.54, 1.807) is 18.3 Å². The fourth-order valence-electron chi connectivity index (χ4n) is 3.71. The van der Waals surface area contributed by atoms with E-state index in [9.17, 15) is 13.2 Å². The van der Waals surface area contributed by atoms with Crippen molar-refractivity contribution in [2.24, 2.45) is 5.92 Å². The Morgan fingerprint density at radius 1 is 1.16 bits per heavy atom. The molecule has 0 spiro atoms. The molecule has 1 amide bonds. The SMILES string of the molecule is COc1ccc(C(=O)Nc2ccc(N(C)C)nc2)cc1S(=O)(=O)N[C@H]1CCCC[C@@H]1C. The Balaban J connectivity index is 1.82. The second kappa shape index (κ2) is 9.65. The second-order valence-electron chi connectivity index (χ2n) is 8.11. The van der Waals surface area contributed by atoms with Crippen molar-refractivity contribution in [3.05, 3.63) is 42.1 Å². The van der Waals surface area contributed by atoms with E-state index in [2.05, 4.69) is 21.9 Å². The summed E-state index contributed by atoms with van der Waals surface area (Å²) in [5.41, 5.74) is 0.736. The topological polar surface area (TPSA) is 101 Å². The van der Waals surface area contributed by atoms with Crippen LogP contribution in [0.15, 0.2) is 41.4 Å². The Labute approximate surface area is 184 Å². The molecule has 0 saturated heterocycles. The van der Waals surface area contributed by atoms with Crippen molar-refractivity contribution in [1.82, 2.24) is 9.71 Å². The first-order valence-corrected chi connectivity index (χ1v) is 11.8. The third-order valence-corrected chi connectivity index (χ3v) is 7.11. The lowest BCUT2D eigenvalue weighted by molar-refractivity contribution is 0.102. The number of benzene rings is 1. The van der Waals surface area contributed by atoms with Crippen molar-refractivity contribution in [3.8, 4) is 5.75 Å². The van der Waals surface area contributed by atoms with Crippen LogP contribution in [0.1, 0.15) is 43.0 Å². The van der Waals surface area contributed by atoms with Gasteiger partial charge in [0.25, 0.3) is 5.91 Å². The van der Waals surface area contributed by atoms with Crippen molar-refractivity contribution >= 4 is 27.4 Å². The molecule has 168 valence electrons. The van der Waals surface area contributed by atoms with E-state index in [1.165, 1.54) is 25.3 Å². The number of nitrogens with one attached hydrogen (secondary N) is 2. The molecule has 1 heterocycles. The van der Waals surface area contributed by atoms with Crippen LogP contribution in [0.4, 0.5) is 11.5 Å². The molecule has 1 saturated carbocycles. The van der Waals surface area contributed by atoms with Gasteiger partial charge in [-0.25, -0.2) is 18.1 Å². The Bertz CT molecular complexity index is 1020. The van der Waals surface area contributed by atoms with Crippen molar-refractivity contribution < 1.29 is 17.9 Å². The van der Waals surface area contributed by atoms with Gasteiger partial charge in [0.1, 0.15) is 16.5 Å². The van der Waals surface area contributed by atoms with E-state index in [4.69, 9.17) is 4.74 Å². The Morgan fingerprint density at radius 3 is 2.52 bits per heavy atom. The molecule has 0 bridgehead atoms. The van der Waals surface area contributed by atoms with Gasteiger partial charge in [-0.05, 0) is 49.1 Å². The first-order valence-electron chi connectivity index (χ1n) is 10.4. The maximum atomic E-state index is 13.1. The zero-order chi connectivity index (χ0) is 22.6. The van der Waals surface area contributed by atoms with E-state index in [0.717, 1.165) is 31.5 Å². The van der Waals surface area contributed by atoms with Crippen molar-refractivity contribution in [2.45, 2.75) is 43.5 Å². The highest BCUT2D eigenvalue weighted by Crippen LogP contribution is 2.29. The fraction of sp³-hybridized carbons (Fsp3) is 0.455. The number of amides is 1. The molecule has 2 atom stereocenters. The standard InChI is InChI=1S/C22H30N4O4S/c1-15-7-5-6-8-18(15)25-31(28,29)20-13-16(9-11-19(20)30-4)22(27)24-17-10-12-21(23-14-17)26(2)3/h9-15,18,25H,5-8H2,1-4H3,(H,24,27)/t15-,18-/m0/s1. The van der Waals surface area contributed by atoms with Gasteiger partial charge in [-0.15, -0.1) is 0 Å². The van der Waals surface area contributed by atoms with Gasteiger partial charge < -0.3 is 15.0 Å². The zero-order valence-corrected chi connectivity index (χ0v) is 19.2. The minimum atomic E-state index is -3.85. The van der Waals surface area contributed by atoms with E-state index in [-0.39, 0.29) is 28.2 Å². The summed E-state index contributed by atoms with van der Waals surface area (Å²) in [7, 11) is 1.31. The highest BCUT2D eigenvalue weighted by Gasteiger charge is 2.29. The minimum absolute atomic E-state index is 0.0403. The third-order valence-electron chi connectivity index (χ3n) is 5.60. The lowest BCUT2D eigenvalue weighted by Crippen LogP contribution is -2.41. The first-order chi connectivity index (χ1) is 14.7. The maximum absolute atomic E-state index is 13.1. The van der Waals surface area contributed by atoms with Gasteiger partial charge in [0.2, 0.25) is 10.0 Å². The summed E-state index contributed by atoms with van der Waals surface area (Å²) in [6.45, 7) is 2.06. The summed E-state index contributed by atoms with van der Waals surface area (Å²) >= 11 is 0. The summed E-state index contributed by atoms with van der Waals surface area (Å²) in [5.74, 6) is 0.798. The van der Waals surface area contributed by atoms with Crippen LogP contribution in [0.5, 0.6) is 5.75 Å². The molecule has 3 rings (SSSR count). The molecule has 1 aliphatic carbocycles. The van der Waals surface area contributed by atoms with Crippen LogP contribution >= 0.6 is 0 Å². The predicted molar refractivity (Wildman–Crippen MR) is 121 cm³/mol. The lowest BCUT2D eigenvalue weighted by Gasteiger charge is -2.29. The van der Waals surface area contributed by atoms with E-state index >= 15 is 0 Å².